The summed E-state index contributed by atoms with van der Waals surface area (Å²) in [6, 6.07) is 4.20. The molecule has 0 saturated carbocycles. The van der Waals surface area contributed by atoms with Crippen molar-refractivity contribution in [2.75, 3.05) is 5.32 Å². The molecular formula is C11H10FN3O. The maximum absolute atomic E-state index is 13.0. The summed E-state index contributed by atoms with van der Waals surface area (Å²) >= 11 is 0. The first kappa shape index (κ1) is 10.4. The van der Waals surface area contributed by atoms with Gasteiger partial charge in [0.15, 0.2) is 0 Å². The second-order valence-electron chi connectivity index (χ2n) is 3.36. The van der Waals surface area contributed by atoms with Crippen LogP contribution in [-0.4, -0.2) is 15.9 Å². The molecule has 5 heteroatoms. The fourth-order valence-corrected chi connectivity index (χ4v) is 1.30. The lowest BCUT2D eigenvalue weighted by Crippen LogP contribution is -2.13. The number of carbonyl (C=O) groups excluding carboxylic acids is 1. The molecule has 1 aromatic heterocycles. The number of nitrogens with one attached hydrogen (secondary N) is 2. The molecule has 0 aliphatic rings. The minimum atomic E-state index is -0.324. The van der Waals surface area contributed by atoms with Gasteiger partial charge in [0, 0.05) is 18.0 Å². The third-order valence-electron chi connectivity index (χ3n) is 2.15. The first-order valence-corrected chi connectivity index (χ1v) is 4.73. The fraction of sp³-hybridized carbons (Fsp3) is 0.0909. The minimum absolute atomic E-state index is 0.321. The normalized spacial score (nSPS) is 10.1. The molecule has 2 N–H and O–H groups in total. The molecule has 2 aromatic rings. The zero-order chi connectivity index (χ0) is 11.5. The highest BCUT2D eigenvalue weighted by Crippen LogP contribution is 2.10. The van der Waals surface area contributed by atoms with Crippen LogP contribution in [0.4, 0.5) is 10.3 Å². The van der Waals surface area contributed by atoms with Crippen LogP contribution in [0, 0.1) is 12.7 Å². The zero-order valence-corrected chi connectivity index (χ0v) is 8.62. The summed E-state index contributed by atoms with van der Waals surface area (Å²) in [5.41, 5.74) is 0.836. The molecule has 4 nitrogen and oxygen atoms in total. The highest BCUT2D eigenvalue weighted by molar-refractivity contribution is 6.03. The molecule has 0 atom stereocenters. The van der Waals surface area contributed by atoms with Crippen molar-refractivity contribution in [2.24, 2.45) is 0 Å². The van der Waals surface area contributed by atoms with Crippen LogP contribution in [0.15, 0.2) is 30.6 Å². The predicted octanol–water partition coefficient (Wildman–Crippen LogP) is 2.11. The molecule has 0 fully saturated rings. The molecule has 1 heterocycles. The Bertz CT molecular complexity index is 508. The number of halogens is 1. The Kier molecular flexibility index (Phi) is 2.68. The molecule has 1 amide bonds. The van der Waals surface area contributed by atoms with Gasteiger partial charge in [-0.25, -0.2) is 9.37 Å². The Morgan fingerprint density at radius 3 is 2.94 bits per heavy atom. The van der Waals surface area contributed by atoms with Crippen LogP contribution in [0.2, 0.25) is 0 Å². The van der Waals surface area contributed by atoms with Crippen molar-refractivity contribution in [3.8, 4) is 0 Å². The quantitative estimate of drug-likeness (QED) is 0.812. The van der Waals surface area contributed by atoms with Crippen LogP contribution in [0.25, 0.3) is 0 Å². The molecule has 0 aliphatic heterocycles. The van der Waals surface area contributed by atoms with Crippen molar-refractivity contribution in [3.05, 3.63) is 47.5 Å². The average molecular weight is 219 g/mol. The van der Waals surface area contributed by atoms with Crippen LogP contribution < -0.4 is 5.32 Å². The van der Waals surface area contributed by atoms with Crippen LogP contribution in [0.5, 0.6) is 0 Å². The number of imidazole rings is 1. The van der Waals surface area contributed by atoms with Gasteiger partial charge in [0.1, 0.15) is 5.82 Å². The number of nitrogens with zero attached hydrogens (tertiary/aromatic N) is 1. The van der Waals surface area contributed by atoms with E-state index < -0.39 is 0 Å². The summed E-state index contributed by atoms with van der Waals surface area (Å²) in [6.07, 6.45) is 3.14. The Labute approximate surface area is 91.5 Å². The molecule has 0 radical (unpaired) electrons. The summed E-state index contributed by atoms with van der Waals surface area (Å²) in [5.74, 6) is -0.278. The van der Waals surface area contributed by atoms with Gasteiger partial charge in [-0.3, -0.25) is 10.1 Å². The smallest absolute Gasteiger partial charge is 0.257 e. The van der Waals surface area contributed by atoms with Crippen LogP contribution in [0.1, 0.15) is 15.9 Å². The average Bonchev–Trinajstić information content (AvgIpc) is 2.74. The topological polar surface area (TPSA) is 57.8 Å². The minimum Gasteiger partial charge on any atom is -0.331 e. The van der Waals surface area contributed by atoms with E-state index >= 15 is 0 Å². The van der Waals surface area contributed by atoms with Gasteiger partial charge in [-0.2, -0.15) is 0 Å². The van der Waals surface area contributed by atoms with Gasteiger partial charge < -0.3 is 4.98 Å². The summed E-state index contributed by atoms with van der Waals surface area (Å²) < 4.78 is 13.0. The lowest BCUT2D eigenvalue weighted by molar-refractivity contribution is 0.102. The van der Waals surface area contributed by atoms with Gasteiger partial charge in [-0.15, -0.1) is 0 Å². The number of rotatable bonds is 2. The molecule has 82 valence electrons. The number of amides is 1. The van der Waals surface area contributed by atoms with Crippen molar-refractivity contribution in [1.82, 2.24) is 9.97 Å². The highest BCUT2D eigenvalue weighted by atomic mass is 19.1. The van der Waals surface area contributed by atoms with Crippen LogP contribution in [-0.2, 0) is 0 Å². The van der Waals surface area contributed by atoms with E-state index in [4.69, 9.17) is 0 Å². The predicted molar refractivity (Wildman–Crippen MR) is 57.7 cm³/mol. The Morgan fingerprint density at radius 1 is 1.50 bits per heavy atom. The number of aromatic amines is 1. The largest absolute Gasteiger partial charge is 0.331 e. The zero-order valence-electron chi connectivity index (χ0n) is 8.62. The lowest BCUT2D eigenvalue weighted by Gasteiger charge is -2.03. The van der Waals surface area contributed by atoms with Crippen molar-refractivity contribution < 1.29 is 9.18 Å². The number of carbonyl (C=O) groups is 1. The van der Waals surface area contributed by atoms with Gasteiger partial charge in [0.2, 0.25) is 5.95 Å². The molecule has 0 bridgehead atoms. The third-order valence-corrected chi connectivity index (χ3v) is 2.15. The van der Waals surface area contributed by atoms with Gasteiger partial charge in [-0.05, 0) is 30.7 Å². The Hall–Kier alpha value is -2.17. The number of benzene rings is 1. The summed E-state index contributed by atoms with van der Waals surface area (Å²) in [5, 5.41) is 2.56. The van der Waals surface area contributed by atoms with E-state index in [1.54, 1.807) is 13.1 Å². The molecule has 16 heavy (non-hydrogen) atoms. The van der Waals surface area contributed by atoms with Gasteiger partial charge in [0.25, 0.3) is 5.91 Å². The lowest BCUT2D eigenvalue weighted by atomic mass is 10.1. The van der Waals surface area contributed by atoms with Gasteiger partial charge >= 0.3 is 0 Å². The first-order valence-electron chi connectivity index (χ1n) is 4.73. The molecule has 0 saturated heterocycles. The molecule has 0 aliphatic carbocycles. The third kappa shape index (κ3) is 2.08. The molecular weight excluding hydrogens is 209 g/mol. The number of H-pyrrole nitrogens is 1. The van der Waals surface area contributed by atoms with Crippen molar-refractivity contribution in [1.29, 1.82) is 0 Å². The van der Waals surface area contributed by atoms with Gasteiger partial charge in [-0.1, -0.05) is 0 Å². The highest BCUT2D eigenvalue weighted by Gasteiger charge is 2.08. The van der Waals surface area contributed by atoms with E-state index in [1.807, 2.05) is 0 Å². The fourth-order valence-electron chi connectivity index (χ4n) is 1.30. The van der Waals surface area contributed by atoms with E-state index in [0.29, 0.717) is 17.1 Å². The number of anilines is 1. The maximum Gasteiger partial charge on any atom is 0.257 e. The van der Waals surface area contributed by atoms with E-state index in [0.717, 1.165) is 0 Å². The number of hydrogen-bond donors (Lipinski definition) is 2. The second-order valence-corrected chi connectivity index (χ2v) is 3.36. The molecule has 1 aromatic carbocycles. The van der Waals surface area contributed by atoms with Crippen LogP contribution >= 0.6 is 0 Å². The SMILES string of the molecule is Cc1cc(C(=O)Nc2ncc[nH]2)ccc1F. The van der Waals surface area contributed by atoms with Crippen molar-refractivity contribution >= 4 is 11.9 Å². The van der Waals surface area contributed by atoms with Crippen molar-refractivity contribution in [2.45, 2.75) is 6.92 Å². The number of aryl methyl sites for hydroxylation is 1. The Balaban J connectivity index is 2.18. The summed E-state index contributed by atoms with van der Waals surface area (Å²) in [4.78, 5) is 18.3. The summed E-state index contributed by atoms with van der Waals surface area (Å²) in [7, 11) is 0. The maximum atomic E-state index is 13.0. The second kappa shape index (κ2) is 4.14. The monoisotopic (exact) mass is 219 g/mol. The van der Waals surface area contributed by atoms with Gasteiger partial charge in [0.05, 0.1) is 0 Å². The molecule has 0 spiro atoms. The van der Waals surface area contributed by atoms with Crippen LogP contribution in [0.3, 0.4) is 0 Å². The number of hydrogen-bond acceptors (Lipinski definition) is 2. The van der Waals surface area contributed by atoms with E-state index in [1.165, 1.54) is 24.4 Å². The first-order chi connectivity index (χ1) is 7.66. The molecule has 2 rings (SSSR count). The van der Waals surface area contributed by atoms with E-state index in [9.17, 15) is 9.18 Å². The molecule has 0 unspecified atom stereocenters. The number of aromatic nitrogens is 2. The summed E-state index contributed by atoms with van der Waals surface area (Å²) in [6.45, 7) is 1.61. The van der Waals surface area contributed by atoms with Crippen molar-refractivity contribution in [3.63, 3.8) is 0 Å². The van der Waals surface area contributed by atoms with E-state index in [2.05, 4.69) is 15.3 Å². The van der Waals surface area contributed by atoms with E-state index in [-0.39, 0.29) is 11.7 Å². The standard InChI is InChI=1S/C11H10FN3O/c1-7-6-8(2-3-9(7)12)10(16)15-11-13-4-5-14-11/h2-6H,1H3,(H2,13,14,15,16). The Morgan fingerprint density at radius 2 is 2.31 bits per heavy atom.